The average molecular weight is 299 g/mol. The summed E-state index contributed by atoms with van der Waals surface area (Å²) >= 11 is 13.3. The topological polar surface area (TPSA) is 18.5 Å². The van der Waals surface area contributed by atoms with E-state index in [9.17, 15) is 0 Å². The molecular formula is C12H24Cl2O2Si. The van der Waals surface area contributed by atoms with Crippen molar-refractivity contribution in [3.63, 3.8) is 0 Å². The Morgan fingerprint density at radius 3 is 2.18 bits per heavy atom. The molecule has 0 aromatic rings. The Morgan fingerprint density at radius 1 is 1.18 bits per heavy atom. The Hall–Kier alpha value is 0.717. The van der Waals surface area contributed by atoms with E-state index in [4.69, 9.17) is 31.6 Å². The van der Waals surface area contributed by atoms with Gasteiger partial charge in [-0.3, -0.25) is 0 Å². The molecule has 0 aromatic carbocycles. The van der Waals surface area contributed by atoms with Crippen molar-refractivity contribution in [2.75, 3.05) is 13.2 Å². The quantitative estimate of drug-likeness (QED) is 0.525. The van der Waals surface area contributed by atoms with Crippen molar-refractivity contribution >= 4 is 28.9 Å². The zero-order valence-corrected chi connectivity index (χ0v) is 13.6. The summed E-state index contributed by atoms with van der Waals surface area (Å²) in [7, 11) is 0. The van der Waals surface area contributed by atoms with Crippen LogP contribution in [0.4, 0.5) is 0 Å². The van der Waals surface area contributed by atoms with Gasteiger partial charge in [-0.15, -0.1) is 22.2 Å². The number of halogens is 2. The van der Waals surface area contributed by atoms with Gasteiger partial charge in [-0.05, 0) is 25.3 Å². The number of rotatable bonds is 6. The summed E-state index contributed by atoms with van der Waals surface area (Å²) in [6, 6.07) is 0.906. The van der Waals surface area contributed by atoms with Crippen LogP contribution < -0.4 is 0 Å². The standard InChI is InChI=1S/C12H24Cl2O2Si/c1-4-10-17(13,14)11(5-2)12(6-3)15-8-7-9-16-12/h11H,4-10H2,1-3H3. The SMILES string of the molecule is CCC[Si](Cl)(Cl)C(CC)C1(CC)OCCCO1. The lowest BCUT2D eigenvalue weighted by Gasteiger charge is -2.45. The third-order valence-electron chi connectivity index (χ3n) is 3.51. The van der Waals surface area contributed by atoms with E-state index < -0.39 is 12.5 Å². The van der Waals surface area contributed by atoms with Gasteiger partial charge in [-0.25, -0.2) is 0 Å². The van der Waals surface area contributed by atoms with E-state index in [-0.39, 0.29) is 5.54 Å². The van der Waals surface area contributed by atoms with Gasteiger partial charge >= 0.3 is 0 Å². The van der Waals surface area contributed by atoms with Crippen molar-refractivity contribution in [3.05, 3.63) is 0 Å². The first kappa shape index (κ1) is 15.8. The van der Waals surface area contributed by atoms with Crippen LogP contribution in [0.25, 0.3) is 0 Å². The summed E-state index contributed by atoms with van der Waals surface area (Å²) in [6.45, 7) is 5.55. The zero-order chi connectivity index (χ0) is 12.9. The molecule has 0 radical (unpaired) electrons. The fourth-order valence-electron chi connectivity index (χ4n) is 2.68. The predicted octanol–water partition coefficient (Wildman–Crippen LogP) is 4.64. The first-order chi connectivity index (χ1) is 8.02. The van der Waals surface area contributed by atoms with Gasteiger partial charge in [0.05, 0.1) is 13.2 Å². The van der Waals surface area contributed by atoms with Gasteiger partial charge in [0.2, 0.25) is 0 Å². The van der Waals surface area contributed by atoms with Crippen LogP contribution in [0.2, 0.25) is 11.6 Å². The maximum Gasteiger partial charge on any atom is 0.259 e. The van der Waals surface area contributed by atoms with Gasteiger partial charge in [-0.1, -0.05) is 27.2 Å². The third-order valence-corrected chi connectivity index (χ3v) is 9.26. The van der Waals surface area contributed by atoms with E-state index >= 15 is 0 Å². The number of hydrogen-bond donors (Lipinski definition) is 0. The summed E-state index contributed by atoms with van der Waals surface area (Å²) in [6.07, 6.45) is 3.73. The summed E-state index contributed by atoms with van der Waals surface area (Å²) < 4.78 is 11.9. The monoisotopic (exact) mass is 298 g/mol. The van der Waals surface area contributed by atoms with Crippen molar-refractivity contribution in [1.82, 2.24) is 0 Å². The molecule has 1 fully saturated rings. The molecule has 0 spiro atoms. The Kier molecular flexibility index (Phi) is 6.27. The highest BCUT2D eigenvalue weighted by Crippen LogP contribution is 2.48. The van der Waals surface area contributed by atoms with Crippen LogP contribution in [0.3, 0.4) is 0 Å². The summed E-state index contributed by atoms with van der Waals surface area (Å²) in [5.74, 6) is -0.530. The Morgan fingerprint density at radius 2 is 1.76 bits per heavy atom. The van der Waals surface area contributed by atoms with E-state index in [1.54, 1.807) is 0 Å². The van der Waals surface area contributed by atoms with Gasteiger partial charge in [0.25, 0.3) is 6.69 Å². The lowest BCUT2D eigenvalue weighted by molar-refractivity contribution is -0.271. The van der Waals surface area contributed by atoms with Crippen LogP contribution in [0.1, 0.15) is 46.5 Å². The highest BCUT2D eigenvalue weighted by Gasteiger charge is 2.52. The minimum atomic E-state index is -2.32. The van der Waals surface area contributed by atoms with E-state index in [2.05, 4.69) is 20.8 Å². The molecule has 0 N–H and O–H groups in total. The van der Waals surface area contributed by atoms with Gasteiger partial charge in [0.1, 0.15) is 0 Å². The highest BCUT2D eigenvalue weighted by atomic mass is 35.7. The maximum atomic E-state index is 6.65. The average Bonchev–Trinajstić information content (AvgIpc) is 2.30. The maximum absolute atomic E-state index is 6.65. The lowest BCUT2D eigenvalue weighted by Crippen LogP contribution is -2.51. The van der Waals surface area contributed by atoms with Crippen LogP contribution in [0.5, 0.6) is 0 Å². The Balaban J connectivity index is 2.88. The molecule has 1 aliphatic rings. The highest BCUT2D eigenvalue weighted by molar-refractivity contribution is 7.46. The molecule has 1 saturated heterocycles. The molecule has 1 heterocycles. The van der Waals surface area contributed by atoms with Crippen molar-refractivity contribution in [2.24, 2.45) is 0 Å². The van der Waals surface area contributed by atoms with Crippen molar-refractivity contribution in [2.45, 2.75) is 63.8 Å². The number of hydrogen-bond acceptors (Lipinski definition) is 2. The largest absolute Gasteiger partial charge is 0.350 e. The fourth-order valence-corrected chi connectivity index (χ4v) is 8.36. The molecule has 1 unspecified atom stereocenters. The molecule has 1 aliphatic heterocycles. The first-order valence-electron chi connectivity index (χ1n) is 6.68. The normalized spacial score (nSPS) is 22.4. The second-order valence-electron chi connectivity index (χ2n) is 4.69. The zero-order valence-electron chi connectivity index (χ0n) is 11.1. The van der Waals surface area contributed by atoms with Crippen molar-refractivity contribution in [1.29, 1.82) is 0 Å². The molecule has 0 saturated carbocycles. The molecule has 0 aromatic heterocycles. The summed E-state index contributed by atoms with van der Waals surface area (Å²) in [5.41, 5.74) is 0.156. The lowest BCUT2D eigenvalue weighted by atomic mass is 10.1. The van der Waals surface area contributed by atoms with E-state index in [0.29, 0.717) is 0 Å². The summed E-state index contributed by atoms with van der Waals surface area (Å²) in [4.78, 5) is 0. The van der Waals surface area contributed by atoms with Crippen LogP contribution in [0.15, 0.2) is 0 Å². The second kappa shape index (κ2) is 6.76. The molecule has 1 rings (SSSR count). The first-order valence-corrected chi connectivity index (χ1v) is 11.0. The molecule has 0 aliphatic carbocycles. The molecule has 0 amide bonds. The third kappa shape index (κ3) is 3.60. The van der Waals surface area contributed by atoms with Crippen molar-refractivity contribution in [3.8, 4) is 0 Å². The second-order valence-corrected chi connectivity index (χ2v) is 12.0. The molecule has 17 heavy (non-hydrogen) atoms. The molecule has 1 atom stereocenters. The van der Waals surface area contributed by atoms with Gasteiger partial charge in [-0.2, -0.15) is 0 Å². The number of ether oxygens (including phenoxy) is 2. The summed E-state index contributed by atoms with van der Waals surface area (Å²) in [5, 5.41) is 0. The van der Waals surface area contributed by atoms with E-state index in [1.807, 2.05) is 0 Å². The minimum absolute atomic E-state index is 0.156. The van der Waals surface area contributed by atoms with Gasteiger partial charge in [0, 0.05) is 5.54 Å². The van der Waals surface area contributed by atoms with Crippen LogP contribution in [0, 0.1) is 0 Å². The Bertz CT molecular complexity index is 231. The van der Waals surface area contributed by atoms with Crippen molar-refractivity contribution < 1.29 is 9.47 Å². The molecule has 5 heteroatoms. The van der Waals surface area contributed by atoms with E-state index in [0.717, 1.165) is 44.9 Å². The van der Waals surface area contributed by atoms with Gasteiger partial charge in [0.15, 0.2) is 5.79 Å². The van der Waals surface area contributed by atoms with Crippen LogP contribution in [-0.4, -0.2) is 25.7 Å². The van der Waals surface area contributed by atoms with Gasteiger partial charge < -0.3 is 9.47 Å². The molecular weight excluding hydrogens is 275 g/mol. The molecule has 0 bridgehead atoms. The fraction of sp³-hybridized carbons (Fsp3) is 1.00. The molecule has 102 valence electrons. The van der Waals surface area contributed by atoms with Crippen LogP contribution in [-0.2, 0) is 9.47 Å². The van der Waals surface area contributed by atoms with E-state index in [1.165, 1.54) is 0 Å². The minimum Gasteiger partial charge on any atom is -0.350 e. The Labute approximate surface area is 115 Å². The van der Waals surface area contributed by atoms with Crippen LogP contribution >= 0.6 is 22.2 Å². The smallest absolute Gasteiger partial charge is 0.259 e. The predicted molar refractivity (Wildman–Crippen MR) is 76.1 cm³/mol. The molecule has 2 nitrogen and oxygen atoms in total.